The van der Waals surface area contributed by atoms with Crippen LogP contribution in [0.1, 0.15) is 25.5 Å². The quantitative estimate of drug-likeness (QED) is 0.225. The normalized spacial score (nSPS) is 15.7. The number of carbonyl (C=O) groups is 1. The van der Waals surface area contributed by atoms with Crippen molar-refractivity contribution in [3.8, 4) is 0 Å². The number of furan rings is 1. The molecule has 8 heteroatoms. The molecule has 0 radical (unpaired) electrons. The van der Waals surface area contributed by atoms with Crippen LogP contribution in [0.2, 0.25) is 0 Å². The second-order valence-corrected chi connectivity index (χ2v) is 6.75. The van der Waals surface area contributed by atoms with E-state index in [-0.39, 0.29) is 29.9 Å². The summed E-state index contributed by atoms with van der Waals surface area (Å²) in [4.78, 5) is 18.3. The molecule has 1 aliphatic rings. The van der Waals surface area contributed by atoms with Crippen LogP contribution in [0.25, 0.3) is 0 Å². The Morgan fingerprint density at radius 2 is 2.15 bits per heavy atom. The van der Waals surface area contributed by atoms with Crippen molar-refractivity contribution in [3.05, 3.63) is 36.3 Å². The van der Waals surface area contributed by atoms with Gasteiger partial charge in [-0.2, -0.15) is 0 Å². The van der Waals surface area contributed by atoms with Crippen LogP contribution in [0, 0.1) is 0 Å². The van der Waals surface area contributed by atoms with E-state index in [0.29, 0.717) is 19.1 Å². The maximum Gasteiger partial charge on any atom is 0.233 e. The lowest BCUT2D eigenvalue weighted by atomic mass is 10.1. The zero-order valence-electron chi connectivity index (χ0n) is 16.3. The van der Waals surface area contributed by atoms with Crippen molar-refractivity contribution in [3.63, 3.8) is 0 Å². The van der Waals surface area contributed by atoms with Crippen LogP contribution in [0.4, 0.5) is 0 Å². The first-order valence-corrected chi connectivity index (χ1v) is 9.21. The van der Waals surface area contributed by atoms with Gasteiger partial charge in [0.1, 0.15) is 5.76 Å². The zero-order valence-corrected chi connectivity index (χ0v) is 18.6. The highest BCUT2D eigenvalue weighted by molar-refractivity contribution is 14.0. The summed E-state index contributed by atoms with van der Waals surface area (Å²) in [6.07, 6.45) is 4.48. The standard InChI is InChI=1S/C19H31N5O2.HI/c1-15(2)13-22-19(21-9-6-17-5-4-12-26-17)23-16-7-10-24(11-8-16)14-18(25)20-3;/h4-5,12,16H,1,6-11,13-14H2,2-3H3,(H,20,25)(H2,21,22,23);1H. The summed E-state index contributed by atoms with van der Waals surface area (Å²) in [5, 5.41) is 9.57. The number of hydrogen-bond donors (Lipinski definition) is 3. The molecule has 1 saturated heterocycles. The third kappa shape index (κ3) is 9.28. The Bertz CT molecular complexity index is 595. The average Bonchev–Trinajstić information content (AvgIpc) is 3.14. The monoisotopic (exact) mass is 489 g/mol. The topological polar surface area (TPSA) is 81.9 Å². The first-order chi connectivity index (χ1) is 12.6. The van der Waals surface area contributed by atoms with Crippen molar-refractivity contribution < 1.29 is 9.21 Å². The van der Waals surface area contributed by atoms with Gasteiger partial charge in [0.2, 0.25) is 5.91 Å². The van der Waals surface area contributed by atoms with Gasteiger partial charge in [-0.05, 0) is 31.9 Å². The molecule has 0 aromatic carbocycles. The van der Waals surface area contributed by atoms with Gasteiger partial charge >= 0.3 is 0 Å². The number of hydrogen-bond acceptors (Lipinski definition) is 4. The number of rotatable bonds is 8. The summed E-state index contributed by atoms with van der Waals surface area (Å²) in [6, 6.07) is 4.23. The number of likely N-dealkylation sites (tertiary alicyclic amines) is 1. The third-order valence-corrected chi connectivity index (χ3v) is 4.33. The van der Waals surface area contributed by atoms with E-state index in [9.17, 15) is 4.79 Å². The average molecular weight is 489 g/mol. The molecule has 0 unspecified atom stereocenters. The lowest BCUT2D eigenvalue weighted by Crippen LogP contribution is -2.50. The van der Waals surface area contributed by atoms with Crippen molar-refractivity contribution in [2.24, 2.45) is 4.99 Å². The molecular formula is C19H32IN5O2. The predicted octanol–water partition coefficient (Wildman–Crippen LogP) is 1.76. The van der Waals surface area contributed by atoms with Crippen molar-refractivity contribution in [1.82, 2.24) is 20.9 Å². The number of guanidine groups is 1. The fourth-order valence-corrected chi connectivity index (χ4v) is 2.84. The molecule has 1 aromatic rings. The van der Waals surface area contributed by atoms with Gasteiger partial charge in [-0.3, -0.25) is 9.69 Å². The summed E-state index contributed by atoms with van der Waals surface area (Å²) in [7, 11) is 1.68. The van der Waals surface area contributed by atoms with E-state index in [2.05, 4.69) is 32.4 Å². The second kappa shape index (κ2) is 12.8. The van der Waals surface area contributed by atoms with Crippen LogP contribution in [-0.2, 0) is 11.2 Å². The molecule has 1 fully saturated rings. The van der Waals surface area contributed by atoms with E-state index in [1.807, 2.05) is 19.1 Å². The summed E-state index contributed by atoms with van der Waals surface area (Å²) in [5.74, 6) is 1.84. The minimum Gasteiger partial charge on any atom is -0.469 e. The molecule has 0 spiro atoms. The number of amides is 1. The predicted molar refractivity (Wildman–Crippen MR) is 120 cm³/mol. The van der Waals surface area contributed by atoms with Gasteiger partial charge in [0.25, 0.3) is 0 Å². The smallest absolute Gasteiger partial charge is 0.233 e. The van der Waals surface area contributed by atoms with Gasteiger partial charge in [0, 0.05) is 39.1 Å². The molecule has 1 aromatic heterocycles. The van der Waals surface area contributed by atoms with Crippen LogP contribution in [-0.4, -0.2) is 62.6 Å². The molecule has 1 amide bonds. The number of nitrogens with zero attached hydrogens (tertiary/aromatic N) is 2. The maximum absolute atomic E-state index is 11.5. The molecule has 2 heterocycles. The minimum atomic E-state index is 0. The molecular weight excluding hydrogens is 457 g/mol. The lowest BCUT2D eigenvalue weighted by molar-refractivity contribution is -0.122. The maximum atomic E-state index is 11.5. The van der Waals surface area contributed by atoms with Gasteiger partial charge < -0.3 is 20.4 Å². The molecule has 0 saturated carbocycles. The highest BCUT2D eigenvalue weighted by Crippen LogP contribution is 2.10. The van der Waals surface area contributed by atoms with Crippen LogP contribution in [0.5, 0.6) is 0 Å². The fraction of sp³-hybridized carbons (Fsp3) is 0.579. The Balaban J connectivity index is 0.00000364. The molecule has 0 atom stereocenters. The van der Waals surface area contributed by atoms with E-state index >= 15 is 0 Å². The molecule has 1 aliphatic heterocycles. The molecule has 0 aliphatic carbocycles. The lowest BCUT2D eigenvalue weighted by Gasteiger charge is -2.32. The molecule has 152 valence electrons. The highest BCUT2D eigenvalue weighted by Gasteiger charge is 2.21. The van der Waals surface area contributed by atoms with Crippen molar-refractivity contribution in [2.75, 3.05) is 39.8 Å². The number of likely N-dealkylation sites (N-methyl/N-ethyl adjacent to an activating group) is 1. The molecule has 0 bridgehead atoms. The van der Waals surface area contributed by atoms with Gasteiger partial charge in [0.15, 0.2) is 5.96 Å². The molecule has 7 nitrogen and oxygen atoms in total. The molecule has 3 N–H and O–H groups in total. The van der Waals surface area contributed by atoms with Gasteiger partial charge in [-0.15, -0.1) is 24.0 Å². The number of halogens is 1. The van der Waals surface area contributed by atoms with Crippen molar-refractivity contribution >= 4 is 35.8 Å². The first kappa shape index (κ1) is 23.5. The Morgan fingerprint density at radius 1 is 1.41 bits per heavy atom. The van der Waals surface area contributed by atoms with Gasteiger partial charge in [0.05, 0.1) is 19.4 Å². The minimum absolute atomic E-state index is 0. The summed E-state index contributed by atoms with van der Waals surface area (Å²) in [6.45, 7) is 9.54. The first-order valence-electron chi connectivity index (χ1n) is 9.21. The van der Waals surface area contributed by atoms with E-state index in [4.69, 9.17) is 4.42 Å². The van der Waals surface area contributed by atoms with Crippen LogP contribution in [0.15, 0.2) is 40.0 Å². The van der Waals surface area contributed by atoms with Crippen LogP contribution >= 0.6 is 24.0 Å². The highest BCUT2D eigenvalue weighted by atomic mass is 127. The second-order valence-electron chi connectivity index (χ2n) is 6.75. The summed E-state index contributed by atoms with van der Waals surface area (Å²) >= 11 is 0. The van der Waals surface area contributed by atoms with Crippen LogP contribution < -0.4 is 16.0 Å². The number of piperidine rings is 1. The third-order valence-electron chi connectivity index (χ3n) is 4.33. The van der Waals surface area contributed by atoms with E-state index < -0.39 is 0 Å². The van der Waals surface area contributed by atoms with E-state index in [1.54, 1.807) is 13.3 Å². The Labute approximate surface area is 179 Å². The number of carbonyl (C=O) groups excluding carboxylic acids is 1. The van der Waals surface area contributed by atoms with Crippen LogP contribution in [0.3, 0.4) is 0 Å². The van der Waals surface area contributed by atoms with Gasteiger partial charge in [-0.25, -0.2) is 4.99 Å². The van der Waals surface area contributed by atoms with Crippen molar-refractivity contribution in [1.29, 1.82) is 0 Å². The Hall–Kier alpha value is -1.55. The summed E-state index contributed by atoms with van der Waals surface area (Å²) in [5.41, 5.74) is 1.03. The summed E-state index contributed by atoms with van der Waals surface area (Å²) < 4.78 is 5.36. The Kier molecular flexibility index (Phi) is 11.1. The van der Waals surface area contributed by atoms with E-state index in [1.165, 1.54) is 0 Å². The van der Waals surface area contributed by atoms with Crippen molar-refractivity contribution in [2.45, 2.75) is 32.2 Å². The number of aliphatic imine (C=N–C) groups is 1. The number of nitrogens with one attached hydrogen (secondary N) is 3. The Morgan fingerprint density at radius 3 is 2.74 bits per heavy atom. The van der Waals surface area contributed by atoms with E-state index in [0.717, 1.165) is 56.2 Å². The molecule has 2 rings (SSSR count). The van der Waals surface area contributed by atoms with Gasteiger partial charge in [-0.1, -0.05) is 12.2 Å². The SMILES string of the molecule is C=C(C)CN=C(NCCc1ccco1)NC1CCN(CC(=O)NC)CC1.I. The molecule has 27 heavy (non-hydrogen) atoms. The zero-order chi connectivity index (χ0) is 18.8. The fourth-order valence-electron chi connectivity index (χ4n) is 2.84. The largest absolute Gasteiger partial charge is 0.469 e.